The third-order valence-corrected chi connectivity index (χ3v) is 2.77. The summed E-state index contributed by atoms with van der Waals surface area (Å²) in [5.74, 6) is -1.47. The Morgan fingerprint density at radius 2 is 2.11 bits per heavy atom. The highest BCUT2D eigenvalue weighted by molar-refractivity contribution is 6.37. The number of hydrogen-bond acceptors (Lipinski definition) is 5. The van der Waals surface area contributed by atoms with Gasteiger partial charge >= 0.3 is 12.1 Å². The highest BCUT2D eigenvalue weighted by atomic mass is 16.6. The number of carbonyl (C=O) groups excluding carboxylic acids is 1. The van der Waals surface area contributed by atoms with Crippen LogP contribution in [0.25, 0.3) is 0 Å². The number of aliphatic carboxylic acids is 1. The largest absolute Gasteiger partial charge is 0.477 e. The van der Waals surface area contributed by atoms with Crippen molar-refractivity contribution in [2.24, 2.45) is 11.1 Å². The predicted molar refractivity (Wildman–Crippen MR) is 61.2 cm³/mol. The lowest BCUT2D eigenvalue weighted by Gasteiger charge is -2.24. The summed E-state index contributed by atoms with van der Waals surface area (Å²) in [5.41, 5.74) is -0.592. The molecule has 18 heavy (non-hydrogen) atoms. The molecule has 0 unspecified atom stereocenters. The third kappa shape index (κ3) is 2.39. The fourth-order valence-electron chi connectivity index (χ4n) is 2.01. The molecule has 7 heteroatoms. The summed E-state index contributed by atoms with van der Waals surface area (Å²) in [6.07, 6.45) is -0.825. The molecule has 2 rings (SSSR count). The van der Waals surface area contributed by atoms with E-state index in [1.165, 1.54) is 4.90 Å². The molecule has 0 aromatic carbocycles. The molecule has 7 nitrogen and oxygen atoms in total. The molecule has 0 bridgehead atoms. The number of fused-ring (bicyclic) bond motifs is 1. The van der Waals surface area contributed by atoms with E-state index in [0.29, 0.717) is 6.54 Å². The minimum absolute atomic E-state index is 0.0222. The molecule has 0 radical (unpaired) electrons. The van der Waals surface area contributed by atoms with Crippen molar-refractivity contribution < 1.29 is 24.3 Å². The molecule has 0 aromatic heterocycles. The summed E-state index contributed by atoms with van der Waals surface area (Å²) in [6, 6.07) is 0. The van der Waals surface area contributed by atoms with Crippen LogP contribution in [-0.4, -0.2) is 52.6 Å². The Balaban J connectivity index is 2.00. The molecule has 0 saturated carbocycles. The van der Waals surface area contributed by atoms with E-state index in [9.17, 15) is 9.59 Å². The van der Waals surface area contributed by atoms with Gasteiger partial charge in [0.05, 0.1) is 12.5 Å². The maximum absolute atomic E-state index is 11.8. The van der Waals surface area contributed by atoms with Gasteiger partial charge in [-0.15, -0.1) is 0 Å². The van der Waals surface area contributed by atoms with Gasteiger partial charge in [-0.1, -0.05) is 5.16 Å². The quantitative estimate of drug-likeness (QED) is 0.745. The third-order valence-electron chi connectivity index (χ3n) is 2.77. The van der Waals surface area contributed by atoms with E-state index in [1.807, 2.05) is 0 Å². The van der Waals surface area contributed by atoms with Crippen molar-refractivity contribution in [1.82, 2.24) is 4.90 Å². The van der Waals surface area contributed by atoms with Crippen molar-refractivity contribution in [3.63, 3.8) is 0 Å². The summed E-state index contributed by atoms with van der Waals surface area (Å²) < 4.78 is 5.23. The Labute approximate surface area is 104 Å². The van der Waals surface area contributed by atoms with Gasteiger partial charge < -0.3 is 19.6 Å². The molecule has 0 aromatic rings. The maximum atomic E-state index is 11.8. The van der Waals surface area contributed by atoms with Crippen molar-refractivity contribution in [2.45, 2.75) is 32.5 Å². The zero-order valence-electron chi connectivity index (χ0n) is 10.5. The average Bonchev–Trinajstić information content (AvgIpc) is 2.70. The number of amides is 1. The molecule has 100 valence electrons. The van der Waals surface area contributed by atoms with E-state index >= 15 is 0 Å². The van der Waals surface area contributed by atoms with Gasteiger partial charge in [-0.2, -0.15) is 0 Å². The molecular weight excluding hydrogens is 240 g/mol. The van der Waals surface area contributed by atoms with Gasteiger partial charge in [0.15, 0.2) is 11.8 Å². The normalized spacial score (nSPS) is 26.4. The molecule has 1 amide bonds. The first-order valence-electron chi connectivity index (χ1n) is 5.73. The molecule has 1 fully saturated rings. The number of hydrogen-bond donors (Lipinski definition) is 1. The average molecular weight is 256 g/mol. The van der Waals surface area contributed by atoms with E-state index in [-0.39, 0.29) is 24.3 Å². The van der Waals surface area contributed by atoms with Crippen LogP contribution >= 0.6 is 0 Å². The number of nitrogens with zero attached hydrogens (tertiary/aromatic N) is 2. The van der Waals surface area contributed by atoms with E-state index in [1.54, 1.807) is 20.8 Å². The maximum Gasteiger partial charge on any atom is 0.410 e. The Bertz CT molecular complexity index is 412. The van der Waals surface area contributed by atoms with Gasteiger partial charge in [0.25, 0.3) is 0 Å². The van der Waals surface area contributed by atoms with Crippen LogP contribution in [0.4, 0.5) is 4.79 Å². The molecule has 0 spiro atoms. The topological polar surface area (TPSA) is 88.4 Å². The first-order valence-corrected chi connectivity index (χ1v) is 5.73. The Hall–Kier alpha value is -1.79. The van der Waals surface area contributed by atoms with Crippen molar-refractivity contribution in [3.05, 3.63) is 0 Å². The highest BCUT2D eigenvalue weighted by Gasteiger charge is 2.47. The highest BCUT2D eigenvalue weighted by Crippen LogP contribution is 2.28. The zero-order valence-corrected chi connectivity index (χ0v) is 10.5. The second-order valence-corrected chi connectivity index (χ2v) is 5.42. The van der Waals surface area contributed by atoms with Gasteiger partial charge in [0, 0.05) is 6.54 Å². The van der Waals surface area contributed by atoms with Crippen LogP contribution in [0.2, 0.25) is 0 Å². The first kappa shape index (κ1) is 12.7. The van der Waals surface area contributed by atoms with Crippen molar-refractivity contribution in [1.29, 1.82) is 0 Å². The molecule has 2 atom stereocenters. The zero-order chi connectivity index (χ0) is 13.5. The van der Waals surface area contributed by atoms with Crippen molar-refractivity contribution in [2.75, 3.05) is 13.1 Å². The fraction of sp³-hybridized carbons (Fsp3) is 0.727. The van der Waals surface area contributed by atoms with Gasteiger partial charge in [0.1, 0.15) is 5.60 Å². The first-order chi connectivity index (χ1) is 8.28. The Kier molecular flexibility index (Phi) is 2.92. The van der Waals surface area contributed by atoms with Crippen LogP contribution in [0, 0.1) is 5.92 Å². The summed E-state index contributed by atoms with van der Waals surface area (Å²) in [5, 5.41) is 12.5. The van der Waals surface area contributed by atoms with Gasteiger partial charge in [-0.3, -0.25) is 0 Å². The number of likely N-dealkylation sites (tertiary alicyclic amines) is 1. The van der Waals surface area contributed by atoms with Crippen LogP contribution in [-0.2, 0) is 14.4 Å². The number of rotatable bonds is 1. The van der Waals surface area contributed by atoms with E-state index in [4.69, 9.17) is 14.7 Å². The lowest BCUT2D eigenvalue weighted by atomic mass is 10.0. The van der Waals surface area contributed by atoms with E-state index < -0.39 is 17.7 Å². The summed E-state index contributed by atoms with van der Waals surface area (Å²) in [4.78, 5) is 29.2. The number of ether oxygens (including phenoxy) is 1. The van der Waals surface area contributed by atoms with Crippen LogP contribution in [0.3, 0.4) is 0 Å². The molecule has 2 aliphatic rings. The summed E-state index contributed by atoms with van der Waals surface area (Å²) >= 11 is 0. The van der Waals surface area contributed by atoms with Crippen LogP contribution < -0.4 is 0 Å². The standard InChI is InChI=1S/C11H16N2O5/c1-11(2,3)17-10(16)13-4-6-7(5-13)18-12-8(6)9(14)15/h6-7H,4-5H2,1-3H3,(H,14,15)/t6-,7+/m1/s1. The number of carboxylic acid groups (broad SMARTS) is 1. The van der Waals surface area contributed by atoms with Crippen molar-refractivity contribution in [3.8, 4) is 0 Å². The Morgan fingerprint density at radius 3 is 2.67 bits per heavy atom. The lowest BCUT2D eigenvalue weighted by molar-refractivity contribution is -0.129. The minimum Gasteiger partial charge on any atom is -0.477 e. The monoisotopic (exact) mass is 256 g/mol. The second kappa shape index (κ2) is 4.15. The fourth-order valence-corrected chi connectivity index (χ4v) is 2.01. The van der Waals surface area contributed by atoms with Crippen LogP contribution in [0.5, 0.6) is 0 Å². The minimum atomic E-state index is -1.10. The predicted octanol–water partition coefficient (Wildman–Crippen LogP) is 0.693. The summed E-state index contributed by atoms with van der Waals surface area (Å²) in [6.45, 7) is 5.91. The second-order valence-electron chi connectivity index (χ2n) is 5.42. The van der Waals surface area contributed by atoms with Crippen LogP contribution in [0.15, 0.2) is 5.16 Å². The summed E-state index contributed by atoms with van der Waals surface area (Å²) in [7, 11) is 0. The molecule has 0 aliphatic carbocycles. The molecule has 2 heterocycles. The van der Waals surface area contributed by atoms with Gasteiger partial charge in [-0.05, 0) is 20.8 Å². The Morgan fingerprint density at radius 1 is 1.44 bits per heavy atom. The SMILES string of the molecule is CC(C)(C)OC(=O)N1C[C@@H]2ON=C(C(=O)O)[C@@H]2C1. The van der Waals surface area contributed by atoms with Crippen LogP contribution in [0.1, 0.15) is 20.8 Å². The smallest absolute Gasteiger partial charge is 0.410 e. The number of carbonyl (C=O) groups is 2. The molecular formula is C11H16N2O5. The lowest BCUT2D eigenvalue weighted by Crippen LogP contribution is -2.36. The number of carboxylic acids is 1. The molecule has 1 N–H and O–H groups in total. The van der Waals surface area contributed by atoms with Gasteiger partial charge in [0.2, 0.25) is 0 Å². The molecule has 2 aliphatic heterocycles. The number of oxime groups is 1. The van der Waals surface area contributed by atoms with E-state index in [2.05, 4.69) is 5.16 Å². The van der Waals surface area contributed by atoms with E-state index in [0.717, 1.165) is 0 Å². The van der Waals surface area contributed by atoms with Crippen molar-refractivity contribution >= 4 is 17.8 Å². The van der Waals surface area contributed by atoms with Gasteiger partial charge in [-0.25, -0.2) is 9.59 Å². The molecule has 1 saturated heterocycles.